The number of ether oxygens (including phenoxy) is 1. The highest BCUT2D eigenvalue weighted by atomic mass is 28.4. The molecule has 0 unspecified atom stereocenters. The third-order valence-corrected chi connectivity index (χ3v) is 3.05. The van der Waals surface area contributed by atoms with E-state index in [1.165, 1.54) is 6.92 Å². The Morgan fingerprint density at radius 2 is 1.38 bits per heavy atom. The van der Waals surface area contributed by atoms with Gasteiger partial charge in [0.15, 0.2) is 6.79 Å². The molecule has 0 aromatic rings. The lowest BCUT2D eigenvalue weighted by atomic mass is 10.4. The quantitative estimate of drug-likeness (QED) is 0.124. The maximum Gasteiger partial charge on any atom is 0.767 e. The first kappa shape index (κ1) is 20.1. The van der Waals surface area contributed by atoms with E-state index >= 15 is 0 Å². The molecule has 10 heteroatoms. The van der Waals surface area contributed by atoms with Gasteiger partial charge in [-0.15, -0.1) is 0 Å². The molecule has 0 bridgehead atoms. The Bertz CT molecular complexity index is 288. The first-order chi connectivity index (χ1) is 10.0. The van der Waals surface area contributed by atoms with Crippen LogP contribution in [0.15, 0.2) is 12.2 Å². The molecule has 0 amide bonds. The summed E-state index contributed by atoms with van der Waals surface area (Å²) in [6.45, 7) is 10.1. The van der Waals surface area contributed by atoms with Gasteiger partial charge in [-0.1, -0.05) is 6.58 Å². The first-order valence-electron chi connectivity index (χ1n) is 6.39. The van der Waals surface area contributed by atoms with Gasteiger partial charge in [-0.2, -0.15) is 13.7 Å². The van der Waals surface area contributed by atoms with E-state index in [0.29, 0.717) is 0 Å². The fourth-order valence-electron chi connectivity index (χ4n) is 0.785. The van der Waals surface area contributed by atoms with Gasteiger partial charge in [0, 0.05) is 5.57 Å². The molecule has 0 aromatic carbocycles. The molecule has 0 aromatic heterocycles. The van der Waals surface area contributed by atoms with Gasteiger partial charge in [0.2, 0.25) is 0 Å². The minimum absolute atomic E-state index is 0.203. The van der Waals surface area contributed by atoms with Crippen LogP contribution in [0.25, 0.3) is 0 Å². The van der Waals surface area contributed by atoms with Crippen LogP contribution in [0, 0.1) is 0 Å². The van der Waals surface area contributed by atoms with Crippen LogP contribution in [0.2, 0.25) is 0 Å². The molecule has 0 rings (SSSR count). The Hall–Kier alpha value is -0.853. The fourth-order valence-corrected chi connectivity index (χ4v) is 2.00. The van der Waals surface area contributed by atoms with Crippen molar-refractivity contribution in [2.75, 3.05) is 26.6 Å². The van der Waals surface area contributed by atoms with Gasteiger partial charge in [0.25, 0.3) is 0 Å². The predicted molar refractivity (Wildman–Crippen MR) is 70.7 cm³/mol. The van der Waals surface area contributed by atoms with Crippen LogP contribution >= 0.6 is 0 Å². The maximum absolute atomic E-state index is 11.3. The van der Waals surface area contributed by atoms with E-state index in [-0.39, 0.29) is 25.4 Å². The van der Waals surface area contributed by atoms with Gasteiger partial charge in [0.1, 0.15) is 0 Å². The topological polar surface area (TPSA) is 90.9 Å². The van der Waals surface area contributed by atoms with E-state index in [9.17, 15) is 4.79 Å². The molecular weight excluding hydrogens is 304 g/mol. The van der Waals surface area contributed by atoms with Crippen LogP contribution in [-0.2, 0) is 42.4 Å². The minimum Gasteiger partial charge on any atom is -0.436 e. The smallest absolute Gasteiger partial charge is 0.436 e. The lowest BCUT2D eigenvalue weighted by molar-refractivity contribution is -0.388. The molecule has 0 aliphatic rings. The SMILES string of the molecule is C=C(C)C(=O)OCO[Si](OOCC)(OOCC)OOCC. The second-order valence-electron chi connectivity index (χ2n) is 3.44. The second kappa shape index (κ2) is 11.8. The Labute approximate surface area is 124 Å². The van der Waals surface area contributed by atoms with Gasteiger partial charge in [-0.05, 0) is 27.7 Å². The monoisotopic (exact) mass is 326 g/mol. The van der Waals surface area contributed by atoms with Crippen molar-refractivity contribution in [3.63, 3.8) is 0 Å². The van der Waals surface area contributed by atoms with Crippen molar-refractivity contribution in [3.05, 3.63) is 12.2 Å². The molecule has 0 saturated carbocycles. The third kappa shape index (κ3) is 8.90. The zero-order valence-corrected chi connectivity index (χ0v) is 13.7. The van der Waals surface area contributed by atoms with E-state index in [4.69, 9.17) is 37.6 Å². The Morgan fingerprint density at radius 3 is 1.71 bits per heavy atom. The number of esters is 1. The van der Waals surface area contributed by atoms with E-state index in [1.807, 2.05) is 0 Å². The molecule has 0 aliphatic heterocycles. The third-order valence-electron chi connectivity index (χ3n) is 1.61. The average Bonchev–Trinajstić information content (AvgIpc) is 2.48. The zero-order chi connectivity index (χ0) is 16.1. The fraction of sp³-hybridized carbons (Fsp3) is 0.727. The Kier molecular flexibility index (Phi) is 11.3. The summed E-state index contributed by atoms with van der Waals surface area (Å²) in [5.74, 6) is -0.637. The molecule has 0 radical (unpaired) electrons. The van der Waals surface area contributed by atoms with Crippen molar-refractivity contribution in [2.45, 2.75) is 27.7 Å². The summed E-state index contributed by atoms with van der Waals surface area (Å²) in [6.07, 6.45) is 0. The summed E-state index contributed by atoms with van der Waals surface area (Å²) in [5.41, 5.74) is 0.216. The van der Waals surface area contributed by atoms with Gasteiger partial charge >= 0.3 is 15.0 Å². The number of rotatable bonds is 13. The van der Waals surface area contributed by atoms with Crippen LogP contribution in [0.1, 0.15) is 27.7 Å². The van der Waals surface area contributed by atoms with E-state index < -0.39 is 21.8 Å². The lowest BCUT2D eigenvalue weighted by Crippen LogP contribution is -2.50. The number of hydrogen-bond donors (Lipinski definition) is 0. The van der Waals surface area contributed by atoms with Crippen molar-refractivity contribution in [3.8, 4) is 0 Å². The summed E-state index contributed by atoms with van der Waals surface area (Å²) in [5, 5.41) is 0. The second-order valence-corrected chi connectivity index (χ2v) is 5.23. The molecule has 0 spiro atoms. The minimum atomic E-state index is -3.93. The highest BCUT2D eigenvalue weighted by molar-refractivity contribution is 6.52. The molecule has 0 atom stereocenters. The number of hydrogen-bond acceptors (Lipinski definition) is 9. The van der Waals surface area contributed by atoms with Crippen LogP contribution < -0.4 is 0 Å². The Balaban J connectivity index is 4.61. The largest absolute Gasteiger partial charge is 0.767 e. The van der Waals surface area contributed by atoms with Crippen molar-refractivity contribution in [1.82, 2.24) is 0 Å². The van der Waals surface area contributed by atoms with Crippen LogP contribution in [0.5, 0.6) is 0 Å². The highest BCUT2D eigenvalue weighted by Crippen LogP contribution is 2.14. The zero-order valence-electron chi connectivity index (χ0n) is 12.7. The summed E-state index contributed by atoms with van der Waals surface area (Å²) < 4.78 is 24.7. The van der Waals surface area contributed by atoms with Crippen LogP contribution in [0.3, 0.4) is 0 Å². The van der Waals surface area contributed by atoms with Crippen LogP contribution in [-0.4, -0.2) is 41.6 Å². The number of carbonyl (C=O) groups excluding carboxylic acids is 1. The van der Waals surface area contributed by atoms with Crippen LogP contribution in [0.4, 0.5) is 0 Å². The van der Waals surface area contributed by atoms with Crippen molar-refractivity contribution < 1.29 is 42.4 Å². The lowest BCUT2D eigenvalue weighted by Gasteiger charge is -2.23. The molecule has 0 aliphatic carbocycles. The van der Waals surface area contributed by atoms with E-state index in [1.54, 1.807) is 20.8 Å². The van der Waals surface area contributed by atoms with Gasteiger partial charge < -0.3 is 9.16 Å². The average molecular weight is 326 g/mol. The maximum atomic E-state index is 11.3. The van der Waals surface area contributed by atoms with Gasteiger partial charge in [-0.3, -0.25) is 0 Å². The van der Waals surface area contributed by atoms with Crippen molar-refractivity contribution >= 4 is 15.0 Å². The summed E-state index contributed by atoms with van der Waals surface area (Å²) >= 11 is 0. The molecule has 0 heterocycles. The number of carbonyl (C=O) groups is 1. The summed E-state index contributed by atoms with van der Waals surface area (Å²) in [4.78, 5) is 25.6. The van der Waals surface area contributed by atoms with Gasteiger partial charge in [0.05, 0.1) is 19.8 Å². The molecule has 9 nitrogen and oxygen atoms in total. The predicted octanol–water partition coefficient (Wildman–Crippen LogP) is 1.42. The molecule has 0 fully saturated rings. The Morgan fingerprint density at radius 1 is 0.952 bits per heavy atom. The molecule has 0 saturated heterocycles. The molecule has 0 N–H and O–H groups in total. The molecular formula is C11H22O9Si. The summed E-state index contributed by atoms with van der Waals surface area (Å²) in [6, 6.07) is 0. The first-order valence-corrected chi connectivity index (χ1v) is 8.03. The highest BCUT2D eigenvalue weighted by Gasteiger charge is 2.53. The van der Waals surface area contributed by atoms with E-state index in [2.05, 4.69) is 6.58 Å². The van der Waals surface area contributed by atoms with Crippen molar-refractivity contribution in [1.29, 1.82) is 0 Å². The van der Waals surface area contributed by atoms with Gasteiger partial charge in [-0.25, -0.2) is 19.5 Å². The molecule has 124 valence electrons. The molecule has 21 heavy (non-hydrogen) atoms. The normalized spacial score (nSPS) is 11.4. The van der Waals surface area contributed by atoms with Crippen molar-refractivity contribution in [2.24, 2.45) is 0 Å². The van der Waals surface area contributed by atoms with E-state index in [0.717, 1.165) is 0 Å². The summed E-state index contributed by atoms with van der Waals surface area (Å²) in [7, 11) is -3.93. The standard InChI is InChI=1S/C11H22O9Si/c1-6-14-18-21(19-15-7-2,20-16-8-3)17-9-13-11(12)10(4)5/h4,6-9H2,1-3,5H3.